The van der Waals surface area contributed by atoms with E-state index in [1.807, 2.05) is 6.07 Å². The van der Waals surface area contributed by atoms with Crippen molar-refractivity contribution in [1.82, 2.24) is 0 Å². The first-order valence-electron chi connectivity index (χ1n) is 5.60. The molecule has 2 aromatic rings. The van der Waals surface area contributed by atoms with Crippen LogP contribution >= 0.6 is 0 Å². The van der Waals surface area contributed by atoms with Gasteiger partial charge >= 0.3 is 0 Å². The Morgan fingerprint density at radius 1 is 0.737 bits per heavy atom. The highest BCUT2D eigenvalue weighted by Gasteiger charge is 1.90. The molecule has 0 aromatic heterocycles. The predicted octanol–water partition coefficient (Wildman–Crippen LogP) is 4.36. The van der Waals surface area contributed by atoms with E-state index in [1.165, 1.54) is 16.7 Å². The van der Waals surface area contributed by atoms with Gasteiger partial charge in [0, 0.05) is 0 Å². The highest BCUT2D eigenvalue weighted by Crippen LogP contribution is 2.11. The molecule has 0 radical (unpaired) electrons. The molecule has 0 unspecified atom stereocenters. The molecule has 0 saturated heterocycles. The summed E-state index contributed by atoms with van der Waals surface area (Å²) in [5.41, 5.74) is 3.83. The van der Waals surface area contributed by atoms with Gasteiger partial charge in [0.25, 0.3) is 0 Å². The average Bonchev–Trinajstić information content (AvgIpc) is 2.52. The van der Waals surface area contributed by atoms with Crippen molar-refractivity contribution in [2.75, 3.05) is 0 Å². The number of hydrogen-bond donors (Lipinski definition) is 0. The molecular formula is C17H14N2-2. The molecule has 0 atom stereocenters. The molecule has 2 rings (SSSR count). The van der Waals surface area contributed by atoms with Gasteiger partial charge in [0.05, 0.1) is 0 Å². The topological polar surface area (TPSA) is 47.6 Å². The zero-order valence-corrected chi connectivity index (χ0v) is 10.7. The molecule has 19 heavy (non-hydrogen) atoms. The summed E-state index contributed by atoms with van der Waals surface area (Å²) in [6.45, 7) is 11.6. The van der Waals surface area contributed by atoms with E-state index in [4.69, 9.17) is 23.7 Å². The van der Waals surface area contributed by atoms with Gasteiger partial charge < -0.3 is 23.7 Å². The van der Waals surface area contributed by atoms with Crippen LogP contribution in [0.4, 0.5) is 0 Å². The maximum absolute atomic E-state index is 6.25. The molecular weight excluding hydrogens is 232 g/mol. The van der Waals surface area contributed by atoms with Crippen LogP contribution in [0.2, 0.25) is 0 Å². The quantitative estimate of drug-likeness (QED) is 0.584. The Morgan fingerprint density at radius 2 is 1.26 bits per heavy atom. The normalized spacial score (nSPS) is 8.68. The Bertz CT molecular complexity index is 531. The molecule has 0 amide bonds. The highest BCUT2D eigenvalue weighted by molar-refractivity contribution is 5.70. The van der Waals surface area contributed by atoms with Crippen molar-refractivity contribution in [3.05, 3.63) is 84.4 Å². The van der Waals surface area contributed by atoms with Gasteiger partial charge in [0.15, 0.2) is 0 Å². The summed E-state index contributed by atoms with van der Waals surface area (Å²) >= 11 is 0. The van der Waals surface area contributed by atoms with Gasteiger partial charge in [-0.05, 0) is 23.6 Å². The number of benzene rings is 2. The lowest BCUT2D eigenvalue weighted by Gasteiger charge is -1.98. The van der Waals surface area contributed by atoms with E-state index in [0.717, 1.165) is 0 Å². The molecule has 2 nitrogen and oxygen atoms in total. The Balaban J connectivity index is 0.000000741. The fourth-order valence-corrected chi connectivity index (χ4v) is 1.52. The van der Waals surface area contributed by atoms with Crippen molar-refractivity contribution in [3.63, 3.8) is 0 Å². The molecule has 0 heterocycles. The minimum atomic E-state index is 1.24. The third kappa shape index (κ3) is 5.86. The fourth-order valence-electron chi connectivity index (χ4n) is 1.52. The lowest BCUT2D eigenvalue weighted by atomic mass is 10.1. The zero-order valence-electron chi connectivity index (χ0n) is 10.7. The van der Waals surface area contributed by atoms with E-state index in [0.29, 0.717) is 0 Å². The van der Waals surface area contributed by atoms with Gasteiger partial charge in [-0.15, -0.1) is 0 Å². The van der Waals surface area contributed by atoms with Crippen molar-refractivity contribution in [2.24, 2.45) is 0 Å². The summed E-state index contributed by atoms with van der Waals surface area (Å²) in [6.07, 6.45) is 4.30. The van der Waals surface area contributed by atoms with Crippen LogP contribution in [-0.4, -0.2) is 0 Å². The third-order valence-corrected chi connectivity index (χ3v) is 2.44. The molecule has 0 bridgehead atoms. The molecule has 94 valence electrons. The summed E-state index contributed by atoms with van der Waals surface area (Å²) in [5.74, 6) is 0. The van der Waals surface area contributed by atoms with Gasteiger partial charge in [0.2, 0.25) is 0 Å². The largest absolute Gasteiger partial charge is 0.512 e. The fraction of sp³-hybridized carbons (Fsp3) is 0.0588. The SMILES string of the molecule is Cc1ccccc1C=Cc1ccccc1.[C-]#N.[C-]#N. The van der Waals surface area contributed by atoms with Crippen LogP contribution in [0.3, 0.4) is 0 Å². The van der Waals surface area contributed by atoms with Crippen LogP contribution in [-0.2, 0) is 0 Å². The van der Waals surface area contributed by atoms with Crippen molar-refractivity contribution in [1.29, 1.82) is 10.5 Å². The summed E-state index contributed by atoms with van der Waals surface area (Å²) in [4.78, 5) is 0. The first-order valence-corrected chi connectivity index (χ1v) is 5.60. The van der Waals surface area contributed by atoms with Crippen molar-refractivity contribution >= 4 is 12.2 Å². The van der Waals surface area contributed by atoms with Gasteiger partial charge in [-0.25, -0.2) is 0 Å². The molecule has 2 heteroatoms. The van der Waals surface area contributed by atoms with Crippen LogP contribution < -0.4 is 0 Å². The van der Waals surface area contributed by atoms with Gasteiger partial charge in [-0.2, -0.15) is 0 Å². The van der Waals surface area contributed by atoms with Crippen molar-refractivity contribution < 1.29 is 0 Å². The summed E-state index contributed by atoms with van der Waals surface area (Å²) in [6, 6.07) is 18.7. The first kappa shape index (κ1) is 16.2. The van der Waals surface area contributed by atoms with Crippen LogP contribution in [0.1, 0.15) is 16.7 Å². The van der Waals surface area contributed by atoms with E-state index >= 15 is 0 Å². The molecule has 0 N–H and O–H groups in total. The summed E-state index contributed by atoms with van der Waals surface area (Å²) in [7, 11) is 0. The molecule has 0 aliphatic heterocycles. The molecule has 0 fully saturated rings. The van der Waals surface area contributed by atoms with Crippen LogP contribution in [0.15, 0.2) is 54.6 Å². The second kappa shape index (κ2) is 10.3. The number of hydrogen-bond acceptors (Lipinski definition) is 2. The van der Waals surface area contributed by atoms with Crippen LogP contribution in [0, 0.1) is 30.6 Å². The molecule has 0 aliphatic rings. The minimum Gasteiger partial charge on any atom is -0.512 e. The molecule has 2 aromatic carbocycles. The summed E-state index contributed by atoms with van der Waals surface area (Å²) in [5, 5.41) is 12.5. The minimum absolute atomic E-state index is 1.24. The maximum atomic E-state index is 6.25. The molecule has 0 aliphatic carbocycles. The number of aryl methyl sites for hydroxylation is 1. The predicted molar refractivity (Wildman–Crippen MR) is 76.5 cm³/mol. The van der Waals surface area contributed by atoms with Gasteiger partial charge in [0.1, 0.15) is 0 Å². The van der Waals surface area contributed by atoms with E-state index in [1.54, 1.807) is 0 Å². The van der Waals surface area contributed by atoms with Crippen LogP contribution in [0.5, 0.6) is 0 Å². The standard InChI is InChI=1S/C15H14.2CN/c1-13-7-5-6-10-15(13)12-11-14-8-3-2-4-9-14;2*1-2/h2-12H,1H3;;/q;2*-1. The number of nitrogens with zero attached hydrogens (tertiary/aromatic N) is 2. The van der Waals surface area contributed by atoms with Crippen molar-refractivity contribution in [3.8, 4) is 0 Å². The Labute approximate surface area is 114 Å². The maximum Gasteiger partial charge on any atom is -0.0227 e. The zero-order chi connectivity index (χ0) is 14.5. The second-order valence-corrected chi connectivity index (χ2v) is 3.60. The van der Waals surface area contributed by atoms with Gasteiger partial charge in [-0.1, -0.05) is 66.7 Å². The lowest BCUT2D eigenvalue weighted by Crippen LogP contribution is -1.77. The summed E-state index contributed by atoms with van der Waals surface area (Å²) < 4.78 is 0. The second-order valence-electron chi connectivity index (χ2n) is 3.60. The van der Waals surface area contributed by atoms with Crippen molar-refractivity contribution in [2.45, 2.75) is 6.92 Å². The first-order chi connectivity index (χ1) is 9.36. The smallest absolute Gasteiger partial charge is 0.0227 e. The van der Waals surface area contributed by atoms with E-state index < -0.39 is 0 Å². The van der Waals surface area contributed by atoms with Crippen LogP contribution in [0.25, 0.3) is 12.2 Å². The van der Waals surface area contributed by atoms with E-state index in [9.17, 15) is 0 Å². The Morgan fingerprint density at radius 3 is 1.84 bits per heavy atom. The molecule has 0 saturated carbocycles. The van der Waals surface area contributed by atoms with Gasteiger partial charge in [-0.3, -0.25) is 0 Å². The lowest BCUT2D eigenvalue weighted by molar-refractivity contribution is 1.45. The Kier molecular flexibility index (Phi) is 8.78. The van der Waals surface area contributed by atoms with E-state index in [-0.39, 0.29) is 0 Å². The average molecular weight is 246 g/mol. The monoisotopic (exact) mass is 246 g/mol. The number of rotatable bonds is 2. The highest BCUT2D eigenvalue weighted by atomic mass is 14.2. The third-order valence-electron chi connectivity index (χ3n) is 2.44. The van der Waals surface area contributed by atoms with E-state index in [2.05, 4.69) is 67.6 Å². The Hall–Kier alpha value is -2.84. The molecule has 0 spiro atoms.